The lowest BCUT2D eigenvalue weighted by Gasteiger charge is -2.37. The Hall–Kier alpha value is -3.79. The van der Waals surface area contributed by atoms with E-state index in [-0.39, 0.29) is 5.41 Å². The molecule has 0 atom stereocenters. The number of benzene rings is 3. The summed E-state index contributed by atoms with van der Waals surface area (Å²) < 4.78 is 16.8. The number of fused-ring (bicyclic) bond motifs is 1. The summed E-state index contributed by atoms with van der Waals surface area (Å²) in [5.41, 5.74) is 7.16. The van der Waals surface area contributed by atoms with Gasteiger partial charge < -0.3 is 24.1 Å². The van der Waals surface area contributed by atoms with Gasteiger partial charge in [0.05, 0.1) is 38.6 Å². The summed E-state index contributed by atoms with van der Waals surface area (Å²) >= 11 is 0. The molecule has 1 N–H and O–H groups in total. The summed E-state index contributed by atoms with van der Waals surface area (Å²) in [7, 11) is 0. The van der Waals surface area contributed by atoms with E-state index in [1.54, 1.807) is 0 Å². The van der Waals surface area contributed by atoms with Gasteiger partial charge in [0, 0.05) is 40.8 Å². The van der Waals surface area contributed by atoms with Crippen molar-refractivity contribution in [3.63, 3.8) is 0 Å². The van der Waals surface area contributed by atoms with Crippen molar-refractivity contribution in [3.8, 4) is 34.2 Å². The van der Waals surface area contributed by atoms with E-state index in [9.17, 15) is 5.26 Å². The third kappa shape index (κ3) is 4.32. The number of hydrogen-bond donors (Lipinski definition) is 1. The van der Waals surface area contributed by atoms with Gasteiger partial charge in [-0.2, -0.15) is 5.26 Å². The molecule has 0 saturated carbocycles. The smallest absolute Gasteiger partial charge is 0.137 e. The highest BCUT2D eigenvalue weighted by molar-refractivity contribution is 5.98. The van der Waals surface area contributed by atoms with Crippen molar-refractivity contribution in [3.05, 3.63) is 72.3 Å². The van der Waals surface area contributed by atoms with E-state index in [1.807, 2.05) is 24.3 Å². The van der Waals surface area contributed by atoms with Crippen molar-refractivity contribution in [2.24, 2.45) is 5.41 Å². The minimum atomic E-state index is 0.0267. The molecule has 6 nitrogen and oxygen atoms in total. The van der Waals surface area contributed by atoms with Gasteiger partial charge in [-0.3, -0.25) is 0 Å². The molecule has 6 heteroatoms. The topological polar surface area (TPSA) is 70.5 Å². The van der Waals surface area contributed by atoms with E-state index in [4.69, 9.17) is 14.2 Å². The number of nitrogens with zero attached hydrogens (tertiary/aromatic N) is 2. The van der Waals surface area contributed by atoms with E-state index in [0.717, 1.165) is 59.6 Å². The Balaban J connectivity index is 1.28. The lowest BCUT2D eigenvalue weighted by Crippen LogP contribution is -2.44. The van der Waals surface area contributed by atoms with Gasteiger partial charge in [-0.05, 0) is 53.1 Å². The fourth-order valence-electron chi connectivity index (χ4n) is 4.93. The van der Waals surface area contributed by atoms with E-state index in [2.05, 4.69) is 65.3 Å². The van der Waals surface area contributed by atoms with Crippen LogP contribution in [0.1, 0.15) is 12.5 Å². The van der Waals surface area contributed by atoms with Crippen LogP contribution in [0, 0.1) is 16.7 Å². The number of morpholine rings is 1. The average molecular weight is 480 g/mol. The fourth-order valence-corrected chi connectivity index (χ4v) is 4.93. The maximum Gasteiger partial charge on any atom is 0.137 e. The Morgan fingerprint density at radius 3 is 2.47 bits per heavy atom. The lowest BCUT2D eigenvalue weighted by molar-refractivity contribution is -0.120. The van der Waals surface area contributed by atoms with Gasteiger partial charge in [-0.25, -0.2) is 0 Å². The molecule has 0 spiro atoms. The second-order valence-electron chi connectivity index (χ2n) is 10.0. The van der Waals surface area contributed by atoms with E-state index in [0.29, 0.717) is 31.1 Å². The van der Waals surface area contributed by atoms with Gasteiger partial charge in [0.1, 0.15) is 11.8 Å². The zero-order valence-electron chi connectivity index (χ0n) is 20.4. The first-order valence-corrected chi connectivity index (χ1v) is 12.4. The van der Waals surface area contributed by atoms with Crippen LogP contribution in [0.4, 0.5) is 5.69 Å². The zero-order valence-corrected chi connectivity index (χ0v) is 20.4. The number of H-pyrrole nitrogens is 1. The molecule has 2 aliphatic heterocycles. The summed E-state index contributed by atoms with van der Waals surface area (Å²) in [5, 5.41) is 10.9. The first-order chi connectivity index (χ1) is 17.6. The number of hydrogen-bond acceptors (Lipinski definition) is 5. The molecule has 0 aliphatic carbocycles. The summed E-state index contributed by atoms with van der Waals surface area (Å²) in [5.74, 6) is 0.622. The Morgan fingerprint density at radius 1 is 0.972 bits per heavy atom. The molecule has 3 heterocycles. The number of anilines is 1. The summed E-state index contributed by atoms with van der Waals surface area (Å²) in [6, 6.07) is 25.3. The fraction of sp³-hybridized carbons (Fsp3) is 0.300. The number of ether oxygens (including phenoxy) is 3. The van der Waals surface area contributed by atoms with Gasteiger partial charge in [0.15, 0.2) is 0 Å². The molecular formula is C30H29N3O3. The Morgan fingerprint density at radius 2 is 1.75 bits per heavy atom. The number of nitriles is 1. The van der Waals surface area contributed by atoms with Crippen molar-refractivity contribution >= 4 is 16.6 Å². The van der Waals surface area contributed by atoms with Crippen LogP contribution in [0.15, 0.2) is 66.7 Å². The number of rotatable bonds is 6. The molecule has 6 rings (SSSR count). The molecular weight excluding hydrogens is 450 g/mol. The second kappa shape index (κ2) is 9.34. The quantitative estimate of drug-likeness (QED) is 0.388. The highest BCUT2D eigenvalue weighted by Crippen LogP contribution is 2.35. The van der Waals surface area contributed by atoms with Crippen LogP contribution >= 0.6 is 0 Å². The van der Waals surface area contributed by atoms with Gasteiger partial charge in [0.2, 0.25) is 0 Å². The summed E-state index contributed by atoms with van der Waals surface area (Å²) in [6.45, 7) is 7.48. The van der Waals surface area contributed by atoms with Crippen LogP contribution < -0.4 is 9.64 Å². The Kier molecular flexibility index (Phi) is 5.88. The third-order valence-corrected chi connectivity index (χ3v) is 7.11. The van der Waals surface area contributed by atoms with Crippen LogP contribution in [-0.2, 0) is 9.47 Å². The Labute approximate surface area is 211 Å². The summed E-state index contributed by atoms with van der Waals surface area (Å²) in [6.07, 6.45) is 0. The molecule has 0 unspecified atom stereocenters. The SMILES string of the molecule is CC1(COc2ccc(-c3cccc4[nH]c(-c5ccc(N6CCOCC6)cc5)cc34)cc2C#N)COC1. The van der Waals surface area contributed by atoms with Gasteiger partial charge >= 0.3 is 0 Å². The normalized spacial score (nSPS) is 16.9. The maximum absolute atomic E-state index is 9.80. The minimum Gasteiger partial charge on any atom is -0.491 e. The maximum atomic E-state index is 9.80. The second-order valence-corrected chi connectivity index (χ2v) is 10.0. The lowest BCUT2D eigenvalue weighted by atomic mass is 9.90. The standard InChI is InChI=1S/C30H29N3O3/c1-30(18-35-19-30)20-36-29-10-7-22(15-23(29)17-31)25-3-2-4-27-26(25)16-28(32-27)21-5-8-24(9-6-21)33-11-13-34-14-12-33/h2-10,15-16,32H,11-14,18-20H2,1H3. The van der Waals surface area contributed by atoms with Crippen molar-refractivity contribution in [1.29, 1.82) is 5.26 Å². The predicted molar refractivity (Wildman–Crippen MR) is 141 cm³/mol. The van der Waals surface area contributed by atoms with E-state index < -0.39 is 0 Å². The molecule has 1 aromatic heterocycles. The van der Waals surface area contributed by atoms with Gasteiger partial charge in [0.25, 0.3) is 0 Å². The minimum absolute atomic E-state index is 0.0267. The van der Waals surface area contributed by atoms with Crippen LogP contribution in [0.3, 0.4) is 0 Å². The molecule has 36 heavy (non-hydrogen) atoms. The average Bonchev–Trinajstić information content (AvgIpc) is 3.36. The van der Waals surface area contributed by atoms with E-state index in [1.165, 1.54) is 5.69 Å². The molecule has 182 valence electrons. The van der Waals surface area contributed by atoms with Crippen LogP contribution in [0.5, 0.6) is 5.75 Å². The number of aromatic nitrogens is 1. The molecule has 2 aliphatic rings. The molecule has 3 aromatic carbocycles. The highest BCUT2D eigenvalue weighted by atomic mass is 16.5. The third-order valence-electron chi connectivity index (χ3n) is 7.11. The first-order valence-electron chi connectivity index (χ1n) is 12.4. The van der Waals surface area contributed by atoms with Crippen molar-refractivity contribution < 1.29 is 14.2 Å². The Bertz CT molecular complexity index is 1420. The first kappa shape index (κ1) is 22.7. The zero-order chi connectivity index (χ0) is 24.5. The van der Waals surface area contributed by atoms with E-state index >= 15 is 0 Å². The molecule has 0 radical (unpaired) electrons. The molecule has 2 fully saturated rings. The van der Waals surface area contributed by atoms with Crippen LogP contribution in [0.2, 0.25) is 0 Å². The number of nitrogens with one attached hydrogen (secondary N) is 1. The van der Waals surface area contributed by atoms with Gasteiger partial charge in [-0.15, -0.1) is 0 Å². The number of aromatic amines is 1. The highest BCUT2D eigenvalue weighted by Gasteiger charge is 2.34. The molecule has 0 amide bonds. The van der Waals surface area contributed by atoms with Crippen molar-refractivity contribution in [2.45, 2.75) is 6.92 Å². The largest absolute Gasteiger partial charge is 0.491 e. The van der Waals surface area contributed by atoms with Crippen molar-refractivity contribution in [1.82, 2.24) is 4.98 Å². The molecule has 0 bridgehead atoms. The van der Waals surface area contributed by atoms with Crippen LogP contribution in [0.25, 0.3) is 33.3 Å². The monoisotopic (exact) mass is 479 g/mol. The predicted octanol–water partition coefficient (Wildman–Crippen LogP) is 5.63. The van der Waals surface area contributed by atoms with Crippen molar-refractivity contribution in [2.75, 3.05) is 51.0 Å². The molecule has 2 saturated heterocycles. The molecule has 4 aromatic rings. The summed E-state index contributed by atoms with van der Waals surface area (Å²) in [4.78, 5) is 5.93. The van der Waals surface area contributed by atoms with Gasteiger partial charge in [-0.1, -0.05) is 37.3 Å². The van der Waals surface area contributed by atoms with Crippen LogP contribution in [-0.4, -0.2) is 51.1 Å².